The lowest BCUT2D eigenvalue weighted by molar-refractivity contribution is -0.118. The molecule has 2 N–H and O–H groups in total. The van der Waals surface area contributed by atoms with Gasteiger partial charge in [-0.05, 0) is 24.1 Å². The average molecular weight is 346 g/mol. The first-order valence-electron chi connectivity index (χ1n) is 7.89. The Kier molecular flexibility index (Phi) is 6.03. The Morgan fingerprint density at radius 3 is 2.54 bits per heavy atom. The molecule has 0 spiro atoms. The molecule has 6 nitrogen and oxygen atoms in total. The van der Waals surface area contributed by atoms with Gasteiger partial charge in [-0.15, -0.1) is 10.2 Å². The van der Waals surface area contributed by atoms with Gasteiger partial charge in [-0.25, -0.2) is 0 Å². The van der Waals surface area contributed by atoms with Crippen molar-refractivity contribution in [2.75, 3.05) is 10.6 Å². The zero-order valence-corrected chi connectivity index (χ0v) is 15.1. The molecule has 1 aromatic heterocycles. The van der Waals surface area contributed by atoms with Crippen LogP contribution in [0.3, 0.4) is 0 Å². The molecule has 0 saturated carbocycles. The van der Waals surface area contributed by atoms with Gasteiger partial charge in [0.15, 0.2) is 0 Å². The lowest BCUT2D eigenvalue weighted by Crippen LogP contribution is -2.18. The van der Waals surface area contributed by atoms with Crippen molar-refractivity contribution in [1.82, 2.24) is 10.2 Å². The zero-order valence-electron chi connectivity index (χ0n) is 14.3. The Morgan fingerprint density at radius 2 is 1.88 bits per heavy atom. The summed E-state index contributed by atoms with van der Waals surface area (Å²) in [6.45, 7) is 7.85. The van der Waals surface area contributed by atoms with E-state index in [1.165, 1.54) is 11.3 Å². The standard InChI is InChI=1S/C17H22N4O2S/c1-10(2)8-14-20-21-17(24-14)19-16(23)12-6-5-7-13(9-12)18-15(22)11(3)4/h5-7,9-11H,8H2,1-4H3,(H,18,22)(H,19,21,23). The Balaban J connectivity index is 2.04. The number of hydrogen-bond acceptors (Lipinski definition) is 5. The smallest absolute Gasteiger partial charge is 0.257 e. The van der Waals surface area contributed by atoms with Crippen LogP contribution in [0.5, 0.6) is 0 Å². The number of aromatic nitrogens is 2. The van der Waals surface area contributed by atoms with E-state index in [4.69, 9.17) is 0 Å². The predicted molar refractivity (Wildman–Crippen MR) is 96.3 cm³/mol. The molecule has 0 radical (unpaired) electrons. The Bertz CT molecular complexity index is 725. The van der Waals surface area contributed by atoms with Crippen LogP contribution >= 0.6 is 11.3 Å². The van der Waals surface area contributed by atoms with Crippen molar-refractivity contribution >= 4 is 34.0 Å². The molecule has 128 valence electrons. The van der Waals surface area contributed by atoms with Gasteiger partial charge < -0.3 is 5.32 Å². The van der Waals surface area contributed by atoms with Crippen LogP contribution in [-0.2, 0) is 11.2 Å². The fraction of sp³-hybridized carbons (Fsp3) is 0.412. The van der Waals surface area contributed by atoms with E-state index < -0.39 is 0 Å². The lowest BCUT2D eigenvalue weighted by Gasteiger charge is -2.09. The number of amides is 2. The number of nitrogens with one attached hydrogen (secondary N) is 2. The Labute approximate surface area is 145 Å². The maximum atomic E-state index is 12.3. The van der Waals surface area contributed by atoms with Crippen LogP contribution < -0.4 is 10.6 Å². The number of rotatable bonds is 6. The first-order chi connectivity index (χ1) is 11.3. The van der Waals surface area contributed by atoms with Gasteiger partial charge in [0.05, 0.1) is 0 Å². The molecule has 0 saturated heterocycles. The summed E-state index contributed by atoms with van der Waals surface area (Å²) in [7, 11) is 0. The van der Waals surface area contributed by atoms with Crippen LogP contribution in [0.4, 0.5) is 10.8 Å². The minimum atomic E-state index is -0.275. The fourth-order valence-electron chi connectivity index (χ4n) is 1.93. The molecule has 0 aliphatic rings. The van der Waals surface area contributed by atoms with Gasteiger partial charge in [0.2, 0.25) is 11.0 Å². The maximum absolute atomic E-state index is 12.3. The zero-order chi connectivity index (χ0) is 17.7. The molecular weight excluding hydrogens is 324 g/mol. The van der Waals surface area contributed by atoms with Gasteiger partial charge in [-0.2, -0.15) is 0 Å². The molecule has 0 unspecified atom stereocenters. The quantitative estimate of drug-likeness (QED) is 0.837. The van der Waals surface area contributed by atoms with Gasteiger partial charge in [0, 0.05) is 23.6 Å². The van der Waals surface area contributed by atoms with Crippen molar-refractivity contribution in [3.05, 3.63) is 34.8 Å². The highest BCUT2D eigenvalue weighted by molar-refractivity contribution is 7.15. The maximum Gasteiger partial charge on any atom is 0.257 e. The molecule has 0 bridgehead atoms. The number of benzene rings is 1. The lowest BCUT2D eigenvalue weighted by atomic mass is 10.1. The highest BCUT2D eigenvalue weighted by atomic mass is 32.1. The molecular formula is C17H22N4O2S. The first kappa shape index (κ1) is 18.1. The van der Waals surface area contributed by atoms with E-state index in [1.54, 1.807) is 24.3 Å². The molecule has 0 aliphatic carbocycles. The van der Waals surface area contributed by atoms with E-state index >= 15 is 0 Å². The van der Waals surface area contributed by atoms with E-state index in [9.17, 15) is 9.59 Å². The van der Waals surface area contributed by atoms with Crippen LogP contribution in [0.1, 0.15) is 43.1 Å². The van der Waals surface area contributed by atoms with E-state index in [0.717, 1.165) is 11.4 Å². The monoisotopic (exact) mass is 346 g/mol. The van der Waals surface area contributed by atoms with E-state index in [2.05, 4.69) is 34.7 Å². The van der Waals surface area contributed by atoms with Crippen molar-refractivity contribution in [3.63, 3.8) is 0 Å². The molecule has 1 aromatic carbocycles. The molecule has 0 aliphatic heterocycles. The summed E-state index contributed by atoms with van der Waals surface area (Å²) in [6.07, 6.45) is 0.838. The van der Waals surface area contributed by atoms with Crippen molar-refractivity contribution in [2.45, 2.75) is 34.1 Å². The second-order valence-corrected chi connectivity index (χ2v) is 7.34. The Morgan fingerprint density at radius 1 is 1.12 bits per heavy atom. The molecule has 0 fully saturated rings. The van der Waals surface area contributed by atoms with Crippen molar-refractivity contribution in [1.29, 1.82) is 0 Å². The van der Waals surface area contributed by atoms with Crippen LogP contribution in [0.15, 0.2) is 24.3 Å². The number of hydrogen-bond donors (Lipinski definition) is 2. The number of nitrogens with zero attached hydrogens (tertiary/aromatic N) is 2. The summed E-state index contributed by atoms with van der Waals surface area (Å²) in [5, 5.41) is 15.0. The van der Waals surface area contributed by atoms with Crippen LogP contribution in [-0.4, -0.2) is 22.0 Å². The minimum Gasteiger partial charge on any atom is -0.326 e. The molecule has 7 heteroatoms. The van der Waals surface area contributed by atoms with Gasteiger partial charge in [0.1, 0.15) is 5.01 Å². The number of carbonyl (C=O) groups is 2. The van der Waals surface area contributed by atoms with Crippen LogP contribution in [0.25, 0.3) is 0 Å². The summed E-state index contributed by atoms with van der Waals surface area (Å²) < 4.78 is 0. The third-order valence-electron chi connectivity index (χ3n) is 3.19. The highest BCUT2D eigenvalue weighted by Gasteiger charge is 2.13. The second-order valence-electron chi connectivity index (χ2n) is 6.28. The fourth-order valence-corrected chi connectivity index (χ4v) is 2.88. The molecule has 2 amide bonds. The first-order valence-corrected chi connectivity index (χ1v) is 8.71. The van der Waals surface area contributed by atoms with Gasteiger partial charge in [-0.1, -0.05) is 45.1 Å². The van der Waals surface area contributed by atoms with E-state index in [0.29, 0.717) is 22.3 Å². The Hall–Kier alpha value is -2.28. The highest BCUT2D eigenvalue weighted by Crippen LogP contribution is 2.20. The summed E-state index contributed by atoms with van der Waals surface area (Å²) in [5.74, 6) is 0.00362. The van der Waals surface area contributed by atoms with E-state index in [-0.39, 0.29) is 17.7 Å². The normalized spacial score (nSPS) is 10.9. The van der Waals surface area contributed by atoms with Gasteiger partial charge in [-0.3, -0.25) is 14.9 Å². The van der Waals surface area contributed by atoms with E-state index in [1.807, 2.05) is 13.8 Å². The second kappa shape index (κ2) is 8.01. The molecule has 2 rings (SSSR count). The summed E-state index contributed by atoms with van der Waals surface area (Å²) in [4.78, 5) is 24.1. The third-order valence-corrected chi connectivity index (χ3v) is 4.05. The van der Waals surface area contributed by atoms with Crippen molar-refractivity contribution < 1.29 is 9.59 Å². The van der Waals surface area contributed by atoms with Crippen molar-refractivity contribution in [2.24, 2.45) is 11.8 Å². The predicted octanol–water partition coefficient (Wildman–Crippen LogP) is 3.58. The topological polar surface area (TPSA) is 84.0 Å². The molecule has 1 heterocycles. The SMILES string of the molecule is CC(C)Cc1nnc(NC(=O)c2cccc(NC(=O)C(C)C)c2)s1. The molecule has 2 aromatic rings. The summed E-state index contributed by atoms with van der Waals surface area (Å²) in [5.41, 5.74) is 1.05. The average Bonchev–Trinajstić information content (AvgIpc) is 2.93. The van der Waals surface area contributed by atoms with Gasteiger partial charge >= 0.3 is 0 Å². The number of carbonyl (C=O) groups excluding carboxylic acids is 2. The minimum absolute atomic E-state index is 0.0880. The number of anilines is 2. The third kappa shape index (κ3) is 5.13. The summed E-state index contributed by atoms with van der Waals surface area (Å²) >= 11 is 1.38. The van der Waals surface area contributed by atoms with Crippen molar-refractivity contribution in [3.8, 4) is 0 Å². The van der Waals surface area contributed by atoms with Crippen LogP contribution in [0, 0.1) is 11.8 Å². The molecule has 0 atom stereocenters. The summed E-state index contributed by atoms with van der Waals surface area (Å²) in [6, 6.07) is 6.82. The van der Waals surface area contributed by atoms with Gasteiger partial charge in [0.25, 0.3) is 5.91 Å². The molecule has 24 heavy (non-hydrogen) atoms. The van der Waals surface area contributed by atoms with Crippen LogP contribution in [0.2, 0.25) is 0 Å². The largest absolute Gasteiger partial charge is 0.326 e.